The van der Waals surface area contributed by atoms with Crippen molar-refractivity contribution < 1.29 is 4.79 Å². The van der Waals surface area contributed by atoms with Crippen LogP contribution in [-0.2, 0) is 17.8 Å². The van der Waals surface area contributed by atoms with E-state index < -0.39 is 0 Å². The van der Waals surface area contributed by atoms with Crippen LogP contribution in [0.2, 0.25) is 0 Å². The second-order valence-electron chi connectivity index (χ2n) is 10.2. The summed E-state index contributed by atoms with van der Waals surface area (Å²) in [5.74, 6) is 1.58. The maximum atomic E-state index is 13.1. The third-order valence-corrected chi connectivity index (χ3v) is 7.62. The number of pyridine rings is 1. The number of hydrogen-bond donors (Lipinski definition) is 1. The highest BCUT2D eigenvalue weighted by molar-refractivity contribution is 5.81. The minimum atomic E-state index is -0.0656. The number of aromatic nitrogens is 7. The van der Waals surface area contributed by atoms with Gasteiger partial charge >= 0.3 is 0 Å². The fourth-order valence-corrected chi connectivity index (χ4v) is 5.40. The van der Waals surface area contributed by atoms with E-state index in [1.807, 2.05) is 60.7 Å². The summed E-state index contributed by atoms with van der Waals surface area (Å²) in [6.45, 7) is 9.74. The Morgan fingerprint density at radius 1 is 0.974 bits per heavy atom. The van der Waals surface area contributed by atoms with Crippen molar-refractivity contribution in [3.63, 3.8) is 0 Å². The fourth-order valence-electron chi connectivity index (χ4n) is 5.40. The highest BCUT2D eigenvalue weighted by Crippen LogP contribution is 2.20. The molecule has 1 aromatic carbocycles. The maximum absolute atomic E-state index is 13.1. The Morgan fingerprint density at radius 2 is 1.79 bits per heavy atom. The number of nitrogens with zero attached hydrogens (tertiary/aromatic N) is 8. The van der Waals surface area contributed by atoms with E-state index in [-0.39, 0.29) is 11.5 Å². The summed E-state index contributed by atoms with van der Waals surface area (Å²) in [5.41, 5.74) is 4.77. The molecule has 0 atom stereocenters. The standard InChI is InChI=1S/C28H31N9O2/c1-18-23(19(2)36(32-18)26-8-7-25-31-30-20(3)37(25)33-26)6-9-27(38)35-14-12-34(13-15-35)17-21-4-5-24-22(16-21)10-11-29-28(24)39/h4-5,7-8,10-11,16H,6,9,12-15,17H2,1-3H3,(H,29,39). The van der Waals surface area contributed by atoms with E-state index in [4.69, 9.17) is 5.10 Å². The first kappa shape index (κ1) is 24.9. The molecule has 0 bridgehead atoms. The SMILES string of the molecule is Cc1nn(-c2ccc3nnc(C)n3n2)c(C)c1CCC(=O)N1CCN(Cc2ccc3c(=O)[nH]ccc3c2)CC1. The molecule has 11 nitrogen and oxygen atoms in total. The Bertz CT molecular complexity index is 1740. The number of H-pyrrole nitrogens is 1. The average molecular weight is 526 g/mol. The van der Waals surface area contributed by atoms with Gasteiger partial charge in [0, 0.05) is 56.4 Å². The molecule has 11 heteroatoms. The van der Waals surface area contributed by atoms with E-state index in [0.717, 1.165) is 42.0 Å². The molecule has 39 heavy (non-hydrogen) atoms. The van der Waals surface area contributed by atoms with Crippen molar-refractivity contribution in [3.8, 4) is 5.82 Å². The lowest BCUT2D eigenvalue weighted by molar-refractivity contribution is -0.133. The molecule has 1 amide bonds. The fraction of sp³-hybridized carbons (Fsp3) is 0.357. The first-order valence-electron chi connectivity index (χ1n) is 13.2. The number of amides is 1. The van der Waals surface area contributed by atoms with Crippen molar-refractivity contribution in [1.29, 1.82) is 0 Å². The molecule has 1 N–H and O–H groups in total. The lowest BCUT2D eigenvalue weighted by atomic mass is 10.1. The topological polar surface area (TPSA) is 117 Å². The average Bonchev–Trinajstić information content (AvgIpc) is 3.45. The van der Waals surface area contributed by atoms with Gasteiger partial charge in [-0.3, -0.25) is 14.5 Å². The van der Waals surface area contributed by atoms with Gasteiger partial charge in [-0.05, 0) is 74.0 Å². The van der Waals surface area contributed by atoms with Crippen LogP contribution in [-0.4, -0.2) is 76.5 Å². The molecule has 1 aliphatic rings. The molecule has 6 rings (SSSR count). The Balaban J connectivity index is 1.06. The zero-order chi connectivity index (χ0) is 27.1. The summed E-state index contributed by atoms with van der Waals surface area (Å²) in [4.78, 5) is 32.1. The molecule has 1 fully saturated rings. The predicted octanol–water partition coefficient (Wildman–Crippen LogP) is 2.35. The number of benzene rings is 1. The molecule has 1 aliphatic heterocycles. The summed E-state index contributed by atoms with van der Waals surface area (Å²) in [5, 5.41) is 19.2. The lowest BCUT2D eigenvalue weighted by Crippen LogP contribution is -2.48. The molecule has 1 saturated heterocycles. The van der Waals surface area contributed by atoms with Crippen molar-refractivity contribution in [1.82, 2.24) is 44.4 Å². The molecular weight excluding hydrogens is 494 g/mol. The smallest absolute Gasteiger partial charge is 0.255 e. The predicted molar refractivity (Wildman–Crippen MR) is 147 cm³/mol. The third kappa shape index (κ3) is 4.81. The normalized spacial score (nSPS) is 14.5. The number of carbonyl (C=O) groups is 1. The van der Waals surface area contributed by atoms with Crippen molar-refractivity contribution in [3.05, 3.63) is 81.3 Å². The van der Waals surface area contributed by atoms with Crippen LogP contribution in [0.25, 0.3) is 22.2 Å². The van der Waals surface area contributed by atoms with Crippen LogP contribution in [0, 0.1) is 20.8 Å². The monoisotopic (exact) mass is 525 g/mol. The largest absolute Gasteiger partial charge is 0.340 e. The highest BCUT2D eigenvalue weighted by Gasteiger charge is 2.22. The summed E-state index contributed by atoms with van der Waals surface area (Å²) < 4.78 is 3.53. The number of rotatable bonds is 6. The van der Waals surface area contributed by atoms with E-state index in [0.29, 0.717) is 48.6 Å². The summed E-state index contributed by atoms with van der Waals surface area (Å²) in [6, 6.07) is 11.7. The Morgan fingerprint density at radius 3 is 2.62 bits per heavy atom. The van der Waals surface area contributed by atoms with E-state index in [9.17, 15) is 9.59 Å². The minimum absolute atomic E-state index is 0.0656. The summed E-state index contributed by atoms with van der Waals surface area (Å²) in [6.07, 6.45) is 2.77. The van der Waals surface area contributed by atoms with Gasteiger partial charge in [0.15, 0.2) is 17.3 Å². The van der Waals surface area contributed by atoms with E-state index in [1.165, 1.54) is 5.56 Å². The van der Waals surface area contributed by atoms with Gasteiger partial charge in [-0.1, -0.05) is 6.07 Å². The number of aromatic amines is 1. The molecule has 0 radical (unpaired) electrons. The summed E-state index contributed by atoms with van der Waals surface area (Å²) >= 11 is 0. The van der Waals surface area contributed by atoms with E-state index >= 15 is 0 Å². The Kier molecular flexibility index (Phi) is 6.43. The van der Waals surface area contributed by atoms with Crippen LogP contribution in [0.15, 0.2) is 47.4 Å². The van der Waals surface area contributed by atoms with Crippen molar-refractivity contribution in [2.24, 2.45) is 0 Å². The van der Waals surface area contributed by atoms with Gasteiger partial charge < -0.3 is 9.88 Å². The Labute approximate surface area is 225 Å². The van der Waals surface area contributed by atoms with Gasteiger partial charge in [0.2, 0.25) is 5.91 Å². The first-order valence-corrected chi connectivity index (χ1v) is 13.2. The molecule has 5 aromatic rings. The van der Waals surface area contributed by atoms with Gasteiger partial charge in [0.1, 0.15) is 0 Å². The molecular formula is C28H31N9O2. The molecule has 5 heterocycles. The number of fused-ring (bicyclic) bond motifs is 2. The van der Waals surface area contributed by atoms with Gasteiger partial charge in [-0.15, -0.1) is 15.3 Å². The number of nitrogens with one attached hydrogen (secondary N) is 1. The van der Waals surface area contributed by atoms with Gasteiger partial charge in [0.05, 0.1) is 5.69 Å². The molecule has 0 aliphatic carbocycles. The third-order valence-electron chi connectivity index (χ3n) is 7.62. The van der Waals surface area contributed by atoms with E-state index in [1.54, 1.807) is 10.7 Å². The minimum Gasteiger partial charge on any atom is -0.340 e. The van der Waals surface area contributed by atoms with Gasteiger partial charge in [-0.25, -0.2) is 4.68 Å². The molecule has 0 saturated carbocycles. The van der Waals surface area contributed by atoms with Gasteiger partial charge in [-0.2, -0.15) is 9.61 Å². The van der Waals surface area contributed by atoms with Crippen LogP contribution in [0.1, 0.15) is 34.8 Å². The van der Waals surface area contributed by atoms with Crippen molar-refractivity contribution >= 4 is 22.3 Å². The van der Waals surface area contributed by atoms with Crippen LogP contribution >= 0.6 is 0 Å². The van der Waals surface area contributed by atoms with Gasteiger partial charge in [0.25, 0.3) is 5.56 Å². The number of aryl methyl sites for hydroxylation is 2. The lowest BCUT2D eigenvalue weighted by Gasteiger charge is -2.35. The van der Waals surface area contributed by atoms with Crippen LogP contribution in [0.3, 0.4) is 0 Å². The Hall–Kier alpha value is -4.38. The molecule has 0 unspecified atom stereocenters. The molecule has 4 aromatic heterocycles. The maximum Gasteiger partial charge on any atom is 0.255 e. The number of carbonyl (C=O) groups excluding carboxylic acids is 1. The highest BCUT2D eigenvalue weighted by atomic mass is 16.2. The van der Waals surface area contributed by atoms with Crippen molar-refractivity contribution in [2.75, 3.05) is 26.2 Å². The van der Waals surface area contributed by atoms with Crippen LogP contribution in [0.5, 0.6) is 0 Å². The first-order chi connectivity index (χ1) is 18.9. The zero-order valence-electron chi connectivity index (χ0n) is 22.4. The van der Waals surface area contributed by atoms with E-state index in [2.05, 4.69) is 31.2 Å². The van der Waals surface area contributed by atoms with Crippen molar-refractivity contribution in [2.45, 2.75) is 40.2 Å². The molecule has 0 spiro atoms. The zero-order valence-corrected chi connectivity index (χ0v) is 22.4. The molecule has 200 valence electrons. The second-order valence-corrected chi connectivity index (χ2v) is 10.2. The number of piperazine rings is 1. The number of hydrogen-bond acceptors (Lipinski definition) is 7. The van der Waals surface area contributed by atoms with Crippen LogP contribution < -0.4 is 5.56 Å². The summed E-state index contributed by atoms with van der Waals surface area (Å²) in [7, 11) is 0. The second kappa shape index (κ2) is 10.1. The quantitative estimate of drug-likeness (QED) is 0.362. The van der Waals surface area contributed by atoms with Crippen LogP contribution in [0.4, 0.5) is 0 Å².